The molecule has 0 amide bonds. The Morgan fingerprint density at radius 2 is 1.91 bits per heavy atom. The minimum Gasteiger partial charge on any atom is -0.300 e. The average Bonchev–Trinajstić information content (AvgIpc) is 2.59. The van der Waals surface area contributed by atoms with Crippen molar-refractivity contribution in [2.45, 2.75) is 19.3 Å². The molecule has 0 spiro atoms. The van der Waals surface area contributed by atoms with Crippen LogP contribution in [-0.2, 0) is 6.42 Å². The van der Waals surface area contributed by atoms with Crippen molar-refractivity contribution in [3.63, 3.8) is 0 Å². The minimum absolute atomic E-state index is 0.183. The van der Waals surface area contributed by atoms with Crippen LogP contribution in [0.15, 0.2) is 54.9 Å². The van der Waals surface area contributed by atoms with Gasteiger partial charge in [-0.2, -0.15) is 0 Å². The molecule has 3 rings (SSSR count). The number of halogens is 1. The number of pyridine rings is 1. The highest BCUT2D eigenvalue weighted by atomic mass is 19.1. The van der Waals surface area contributed by atoms with Crippen molar-refractivity contribution in [1.29, 1.82) is 0 Å². The van der Waals surface area contributed by atoms with Crippen molar-refractivity contribution in [3.8, 4) is 0 Å². The Balaban J connectivity index is 1.41. The lowest BCUT2D eigenvalue weighted by Crippen LogP contribution is -2.34. The Bertz CT molecular complexity index is 614. The van der Waals surface area contributed by atoms with Gasteiger partial charge in [-0.25, -0.2) is 4.39 Å². The first-order chi connectivity index (χ1) is 11.3. The topological polar surface area (TPSA) is 16.1 Å². The first-order valence-corrected chi connectivity index (χ1v) is 8.33. The number of hydrogen-bond donors (Lipinski definition) is 0. The molecule has 1 aromatic carbocycles. The summed E-state index contributed by atoms with van der Waals surface area (Å²) in [6.07, 6.45) is 11.7. The van der Waals surface area contributed by atoms with E-state index < -0.39 is 0 Å². The summed E-state index contributed by atoms with van der Waals surface area (Å²) in [5.41, 5.74) is 2.40. The largest absolute Gasteiger partial charge is 0.300 e. The summed E-state index contributed by atoms with van der Waals surface area (Å²) < 4.78 is 12.9. The molecule has 3 heteroatoms. The molecule has 0 aliphatic carbocycles. The molecule has 0 bridgehead atoms. The van der Waals surface area contributed by atoms with Crippen LogP contribution in [-0.4, -0.2) is 29.5 Å². The lowest BCUT2D eigenvalue weighted by Gasteiger charge is -2.31. The van der Waals surface area contributed by atoms with Gasteiger partial charge in [0.15, 0.2) is 0 Å². The molecule has 0 atom stereocenters. The van der Waals surface area contributed by atoms with E-state index in [1.165, 1.54) is 30.5 Å². The zero-order chi connectivity index (χ0) is 15.9. The fourth-order valence-electron chi connectivity index (χ4n) is 3.14. The second-order valence-electron chi connectivity index (χ2n) is 6.26. The maximum atomic E-state index is 12.9. The smallest absolute Gasteiger partial charge is 0.123 e. The Morgan fingerprint density at radius 3 is 2.61 bits per heavy atom. The predicted molar refractivity (Wildman–Crippen MR) is 92.5 cm³/mol. The van der Waals surface area contributed by atoms with Crippen LogP contribution >= 0.6 is 0 Å². The molecule has 0 unspecified atom stereocenters. The molecule has 2 heterocycles. The Labute approximate surface area is 137 Å². The van der Waals surface area contributed by atoms with Crippen LogP contribution < -0.4 is 0 Å². The maximum absolute atomic E-state index is 12.9. The molecular formula is C20H23FN2. The molecule has 1 aliphatic rings. The van der Waals surface area contributed by atoms with E-state index in [1.807, 2.05) is 30.6 Å². The van der Waals surface area contributed by atoms with Gasteiger partial charge in [0.25, 0.3) is 0 Å². The number of piperidine rings is 1. The first kappa shape index (κ1) is 15.9. The van der Waals surface area contributed by atoms with E-state index in [-0.39, 0.29) is 5.82 Å². The third-order valence-electron chi connectivity index (χ3n) is 4.50. The van der Waals surface area contributed by atoms with E-state index in [2.05, 4.69) is 28.1 Å². The second-order valence-corrected chi connectivity index (χ2v) is 6.26. The highest BCUT2D eigenvalue weighted by molar-refractivity contribution is 5.48. The van der Waals surface area contributed by atoms with Crippen molar-refractivity contribution >= 4 is 6.08 Å². The standard InChI is InChI=1S/C20H23FN2/c21-20-7-5-17(6-8-20)4-2-12-23-13-9-18(10-14-23)15-19-3-1-11-22-16-19/h1-8,11,16,18H,9-10,12-15H2/b4-2+. The second kappa shape index (κ2) is 8.02. The van der Waals surface area contributed by atoms with Gasteiger partial charge in [0.1, 0.15) is 5.82 Å². The van der Waals surface area contributed by atoms with Crippen LogP contribution in [0.1, 0.15) is 24.0 Å². The van der Waals surface area contributed by atoms with Crippen LogP contribution in [0.5, 0.6) is 0 Å². The van der Waals surface area contributed by atoms with Crippen molar-refractivity contribution in [2.75, 3.05) is 19.6 Å². The zero-order valence-electron chi connectivity index (χ0n) is 13.4. The SMILES string of the molecule is Fc1ccc(/C=C/CN2CCC(Cc3cccnc3)CC2)cc1. The quantitative estimate of drug-likeness (QED) is 0.823. The van der Waals surface area contributed by atoms with E-state index in [0.29, 0.717) is 0 Å². The number of rotatable bonds is 5. The summed E-state index contributed by atoms with van der Waals surface area (Å²) in [7, 11) is 0. The normalized spacial score (nSPS) is 16.9. The van der Waals surface area contributed by atoms with Crippen molar-refractivity contribution in [1.82, 2.24) is 9.88 Å². The van der Waals surface area contributed by atoms with Gasteiger partial charge in [0.2, 0.25) is 0 Å². The summed E-state index contributed by atoms with van der Waals surface area (Å²) in [4.78, 5) is 6.68. The van der Waals surface area contributed by atoms with Crippen LogP contribution in [0.2, 0.25) is 0 Å². The monoisotopic (exact) mass is 310 g/mol. The number of benzene rings is 1. The molecule has 1 fully saturated rings. The van der Waals surface area contributed by atoms with Gasteiger partial charge < -0.3 is 0 Å². The summed E-state index contributed by atoms with van der Waals surface area (Å²) in [5.74, 6) is 0.592. The Hall–Kier alpha value is -2.00. The number of likely N-dealkylation sites (tertiary alicyclic amines) is 1. The van der Waals surface area contributed by atoms with Crippen LogP contribution in [0.3, 0.4) is 0 Å². The van der Waals surface area contributed by atoms with E-state index in [1.54, 1.807) is 0 Å². The summed E-state index contributed by atoms with van der Waals surface area (Å²) >= 11 is 0. The summed E-state index contributed by atoms with van der Waals surface area (Å²) in [5, 5.41) is 0. The molecule has 1 aromatic heterocycles. The molecule has 0 radical (unpaired) electrons. The molecule has 2 aromatic rings. The van der Waals surface area contributed by atoms with Crippen molar-refractivity contribution < 1.29 is 4.39 Å². The Morgan fingerprint density at radius 1 is 1.13 bits per heavy atom. The van der Waals surface area contributed by atoms with Gasteiger partial charge in [-0.3, -0.25) is 9.88 Å². The fourth-order valence-corrected chi connectivity index (χ4v) is 3.14. The third kappa shape index (κ3) is 5.00. The average molecular weight is 310 g/mol. The van der Waals surface area contributed by atoms with Gasteiger partial charge in [-0.15, -0.1) is 0 Å². The molecule has 1 saturated heterocycles. The Kier molecular flexibility index (Phi) is 5.54. The maximum Gasteiger partial charge on any atom is 0.123 e. The summed E-state index contributed by atoms with van der Waals surface area (Å²) in [6.45, 7) is 3.27. The van der Waals surface area contributed by atoms with Crippen LogP contribution in [0.4, 0.5) is 4.39 Å². The van der Waals surface area contributed by atoms with Crippen molar-refractivity contribution in [2.24, 2.45) is 5.92 Å². The number of hydrogen-bond acceptors (Lipinski definition) is 2. The molecule has 0 saturated carbocycles. The molecule has 23 heavy (non-hydrogen) atoms. The summed E-state index contributed by atoms with van der Waals surface area (Å²) in [6, 6.07) is 10.8. The molecule has 1 aliphatic heterocycles. The minimum atomic E-state index is -0.183. The third-order valence-corrected chi connectivity index (χ3v) is 4.50. The van der Waals surface area contributed by atoms with E-state index >= 15 is 0 Å². The van der Waals surface area contributed by atoms with E-state index in [9.17, 15) is 4.39 Å². The van der Waals surface area contributed by atoms with Gasteiger partial charge in [0.05, 0.1) is 0 Å². The van der Waals surface area contributed by atoms with Crippen molar-refractivity contribution in [3.05, 3.63) is 71.8 Å². The van der Waals surface area contributed by atoms with E-state index in [4.69, 9.17) is 0 Å². The fraction of sp³-hybridized carbons (Fsp3) is 0.350. The van der Waals surface area contributed by atoms with Gasteiger partial charge in [-0.1, -0.05) is 30.4 Å². The first-order valence-electron chi connectivity index (χ1n) is 8.33. The highest BCUT2D eigenvalue weighted by Gasteiger charge is 2.18. The lowest BCUT2D eigenvalue weighted by molar-refractivity contribution is 0.200. The molecule has 120 valence electrons. The predicted octanol–water partition coefficient (Wildman–Crippen LogP) is 4.19. The lowest BCUT2D eigenvalue weighted by atomic mass is 9.91. The van der Waals surface area contributed by atoms with Gasteiger partial charge >= 0.3 is 0 Å². The van der Waals surface area contributed by atoms with Crippen LogP contribution in [0, 0.1) is 11.7 Å². The molecular weight excluding hydrogens is 287 g/mol. The van der Waals surface area contributed by atoms with E-state index in [0.717, 1.165) is 37.5 Å². The highest BCUT2D eigenvalue weighted by Crippen LogP contribution is 2.21. The van der Waals surface area contributed by atoms with Gasteiger partial charge in [-0.05, 0) is 67.6 Å². The molecule has 2 nitrogen and oxygen atoms in total. The molecule has 0 N–H and O–H groups in total. The van der Waals surface area contributed by atoms with Crippen LogP contribution in [0.25, 0.3) is 6.08 Å². The number of nitrogens with zero attached hydrogens (tertiary/aromatic N) is 2. The van der Waals surface area contributed by atoms with Gasteiger partial charge in [0, 0.05) is 18.9 Å². The zero-order valence-corrected chi connectivity index (χ0v) is 13.4. The number of aromatic nitrogens is 1.